The molecule has 2 heterocycles. The van der Waals surface area contributed by atoms with Crippen LogP contribution >= 0.6 is 22.7 Å². The van der Waals surface area contributed by atoms with Gasteiger partial charge in [0.25, 0.3) is 0 Å². The number of allylic oxidation sites excluding steroid dienone is 2. The van der Waals surface area contributed by atoms with E-state index in [4.69, 9.17) is 20.9 Å². The second-order valence-electron chi connectivity index (χ2n) is 10.0. The molecule has 4 aromatic rings. The third kappa shape index (κ3) is 6.47. The van der Waals surface area contributed by atoms with Crippen LogP contribution in [0, 0.1) is 13.8 Å². The predicted octanol–water partition coefficient (Wildman–Crippen LogP) is 8.31. The highest BCUT2D eigenvalue weighted by Gasteiger charge is 2.23. The lowest BCUT2D eigenvalue weighted by Crippen LogP contribution is -2.05. The van der Waals surface area contributed by atoms with Gasteiger partial charge in [-0.05, 0) is 153 Å². The van der Waals surface area contributed by atoms with Gasteiger partial charge in [0.2, 0.25) is 0 Å². The minimum absolute atomic E-state index is 0.651. The van der Waals surface area contributed by atoms with Crippen molar-refractivity contribution in [3.8, 4) is 32.4 Å². The third-order valence-corrected chi connectivity index (χ3v) is 9.41. The number of aryl methyl sites for hydroxylation is 2. The van der Waals surface area contributed by atoms with E-state index < -0.39 is 0 Å². The summed E-state index contributed by atoms with van der Waals surface area (Å²) in [6.07, 6.45) is 5.23. The van der Waals surface area contributed by atoms with Crippen LogP contribution in [0.25, 0.3) is 32.0 Å². The van der Waals surface area contributed by atoms with Crippen LogP contribution in [-0.4, -0.2) is 26.3 Å². The monoisotopic (exact) mass is 558 g/mol. The van der Waals surface area contributed by atoms with Crippen molar-refractivity contribution in [2.45, 2.75) is 46.0 Å². The molecule has 0 aliphatic heterocycles. The molecule has 0 saturated heterocycles. The predicted molar refractivity (Wildman–Crippen MR) is 168 cm³/mol. The summed E-state index contributed by atoms with van der Waals surface area (Å²) < 4.78 is 11.6. The fourth-order valence-corrected chi connectivity index (χ4v) is 7.27. The van der Waals surface area contributed by atoms with E-state index >= 15 is 0 Å². The van der Waals surface area contributed by atoms with Gasteiger partial charge in [0.1, 0.15) is 11.5 Å². The van der Waals surface area contributed by atoms with Gasteiger partial charge in [0.15, 0.2) is 0 Å². The van der Waals surface area contributed by atoms with E-state index in [0.29, 0.717) is 26.3 Å². The van der Waals surface area contributed by atoms with Crippen LogP contribution in [0.15, 0.2) is 60.7 Å². The summed E-state index contributed by atoms with van der Waals surface area (Å²) in [6, 6.07) is 21.7. The Morgan fingerprint density at radius 1 is 0.641 bits per heavy atom. The summed E-state index contributed by atoms with van der Waals surface area (Å²) in [7, 11) is 0. The Labute approximate surface area is 240 Å². The number of hydrogen-bond acceptors (Lipinski definition) is 6. The van der Waals surface area contributed by atoms with Gasteiger partial charge in [-0.15, -0.1) is 22.7 Å². The van der Waals surface area contributed by atoms with E-state index in [0.717, 1.165) is 37.2 Å². The van der Waals surface area contributed by atoms with E-state index in [9.17, 15) is 0 Å². The number of ether oxygens (including phenoxy) is 2. The summed E-state index contributed by atoms with van der Waals surface area (Å²) in [5.74, 6) is 1.80. The standard InChI is InChI=1S/C33H38N2O2S2/c1-22-30(20-32(38-22)24-8-12-26(13-9-24)36-18-4-16-34)28-6-3-7-29(28)31-21-33(39-23(31)2)25-10-14-27(15-11-25)37-19-5-17-35/h8-15,20-21H,3-7,16-19,34-35H2,1-2H3. The molecule has 0 spiro atoms. The number of nitrogens with two attached hydrogens (primary N) is 2. The number of hydrogen-bond donors (Lipinski definition) is 2. The first-order chi connectivity index (χ1) is 19.1. The summed E-state index contributed by atoms with van der Waals surface area (Å²) in [5, 5.41) is 0. The van der Waals surface area contributed by atoms with Gasteiger partial charge in [-0.25, -0.2) is 0 Å². The Balaban J connectivity index is 1.37. The fourth-order valence-electron chi connectivity index (χ4n) is 5.16. The van der Waals surface area contributed by atoms with Crippen molar-refractivity contribution < 1.29 is 9.47 Å². The zero-order valence-corrected chi connectivity index (χ0v) is 24.6. The maximum absolute atomic E-state index is 5.79. The smallest absolute Gasteiger partial charge is 0.119 e. The number of rotatable bonds is 12. The normalized spacial score (nSPS) is 13.3. The van der Waals surface area contributed by atoms with Crippen molar-refractivity contribution in [1.29, 1.82) is 0 Å². The molecular formula is C33H38N2O2S2. The molecule has 1 aliphatic carbocycles. The van der Waals surface area contributed by atoms with Gasteiger partial charge in [0, 0.05) is 19.5 Å². The van der Waals surface area contributed by atoms with Crippen LogP contribution in [0.2, 0.25) is 0 Å². The fraction of sp³-hybridized carbons (Fsp3) is 0.333. The summed E-state index contributed by atoms with van der Waals surface area (Å²) in [4.78, 5) is 5.40. The molecule has 0 radical (unpaired) electrons. The quantitative estimate of drug-likeness (QED) is 0.172. The van der Waals surface area contributed by atoms with Crippen molar-refractivity contribution in [2.24, 2.45) is 11.5 Å². The third-order valence-electron chi connectivity index (χ3n) is 7.22. The van der Waals surface area contributed by atoms with Gasteiger partial charge < -0.3 is 20.9 Å². The summed E-state index contributed by atoms with van der Waals surface area (Å²) >= 11 is 3.77. The topological polar surface area (TPSA) is 70.5 Å². The first-order valence-electron chi connectivity index (χ1n) is 13.9. The van der Waals surface area contributed by atoms with E-state index in [1.165, 1.54) is 59.3 Å². The van der Waals surface area contributed by atoms with Crippen LogP contribution in [-0.2, 0) is 0 Å². The molecule has 6 heteroatoms. The maximum atomic E-state index is 5.79. The molecule has 5 rings (SSSR count). The van der Waals surface area contributed by atoms with E-state index in [2.05, 4.69) is 74.5 Å². The molecule has 0 unspecified atom stereocenters. The molecule has 4 nitrogen and oxygen atoms in total. The van der Waals surface area contributed by atoms with Crippen LogP contribution in [0.3, 0.4) is 0 Å². The van der Waals surface area contributed by atoms with E-state index in [-0.39, 0.29) is 0 Å². The minimum Gasteiger partial charge on any atom is -0.494 e. The Morgan fingerprint density at radius 2 is 1.05 bits per heavy atom. The second-order valence-corrected chi connectivity index (χ2v) is 12.5. The zero-order chi connectivity index (χ0) is 27.2. The zero-order valence-electron chi connectivity index (χ0n) is 22.9. The minimum atomic E-state index is 0.651. The first-order valence-corrected chi connectivity index (χ1v) is 15.5. The average Bonchev–Trinajstić information content (AvgIpc) is 3.68. The van der Waals surface area contributed by atoms with Gasteiger partial charge in [-0.2, -0.15) is 0 Å². The van der Waals surface area contributed by atoms with Gasteiger partial charge in [-0.1, -0.05) is 0 Å². The summed E-state index contributed by atoms with van der Waals surface area (Å²) in [5.41, 5.74) is 19.5. The second kappa shape index (κ2) is 13.0. The van der Waals surface area contributed by atoms with Gasteiger partial charge in [0.05, 0.1) is 13.2 Å². The van der Waals surface area contributed by atoms with Crippen molar-refractivity contribution in [3.63, 3.8) is 0 Å². The summed E-state index contributed by atoms with van der Waals surface area (Å²) in [6.45, 7) is 7.15. The first kappa shape index (κ1) is 27.7. The Hall–Kier alpha value is -2.90. The van der Waals surface area contributed by atoms with Crippen LogP contribution < -0.4 is 20.9 Å². The van der Waals surface area contributed by atoms with Crippen LogP contribution in [0.5, 0.6) is 11.5 Å². The van der Waals surface area contributed by atoms with Crippen molar-refractivity contribution in [1.82, 2.24) is 0 Å². The van der Waals surface area contributed by atoms with Crippen LogP contribution in [0.1, 0.15) is 53.0 Å². The molecule has 0 atom stereocenters. The largest absolute Gasteiger partial charge is 0.494 e. The lowest BCUT2D eigenvalue weighted by Gasteiger charge is -2.08. The molecule has 2 aromatic heterocycles. The number of benzene rings is 2. The van der Waals surface area contributed by atoms with Crippen molar-refractivity contribution in [3.05, 3.63) is 81.5 Å². The molecule has 0 bridgehead atoms. The molecule has 0 saturated carbocycles. The molecule has 1 aliphatic rings. The van der Waals surface area contributed by atoms with E-state index in [1.54, 1.807) is 0 Å². The Kier molecular flexibility index (Phi) is 9.20. The van der Waals surface area contributed by atoms with E-state index in [1.807, 2.05) is 22.7 Å². The van der Waals surface area contributed by atoms with Crippen molar-refractivity contribution in [2.75, 3.05) is 26.3 Å². The highest BCUT2D eigenvalue weighted by Crippen LogP contribution is 2.47. The SMILES string of the molecule is Cc1sc(-c2ccc(OCCCN)cc2)cc1C1=C(c2cc(-c3ccc(OCCCN)cc3)sc2C)CCC1. The molecule has 2 aromatic carbocycles. The highest BCUT2D eigenvalue weighted by molar-refractivity contribution is 7.16. The van der Waals surface area contributed by atoms with Crippen LogP contribution in [0.4, 0.5) is 0 Å². The Bertz CT molecular complexity index is 1310. The molecule has 39 heavy (non-hydrogen) atoms. The van der Waals surface area contributed by atoms with Gasteiger partial charge >= 0.3 is 0 Å². The lowest BCUT2D eigenvalue weighted by atomic mass is 9.96. The lowest BCUT2D eigenvalue weighted by molar-refractivity contribution is 0.313. The van der Waals surface area contributed by atoms with Gasteiger partial charge in [-0.3, -0.25) is 0 Å². The number of thiophene rings is 2. The van der Waals surface area contributed by atoms with Crippen molar-refractivity contribution >= 4 is 33.8 Å². The molecule has 0 amide bonds. The maximum Gasteiger partial charge on any atom is 0.119 e. The highest BCUT2D eigenvalue weighted by atomic mass is 32.1. The molecule has 4 N–H and O–H groups in total. The Morgan fingerprint density at radius 3 is 1.44 bits per heavy atom. The molecule has 0 fully saturated rings. The molecule has 204 valence electrons. The molecular weight excluding hydrogens is 521 g/mol. The average molecular weight is 559 g/mol.